The van der Waals surface area contributed by atoms with Crippen molar-refractivity contribution in [3.8, 4) is 0 Å². The minimum Gasteiger partial charge on any atom is -0.362 e. The van der Waals surface area contributed by atoms with Gasteiger partial charge in [0, 0.05) is 38.0 Å². The molecule has 1 saturated heterocycles. The molecule has 0 saturated carbocycles. The highest BCUT2D eigenvalue weighted by Gasteiger charge is 2.22. The number of hydrogen-bond donors (Lipinski definition) is 1. The summed E-state index contributed by atoms with van der Waals surface area (Å²) in [7, 11) is 0. The summed E-state index contributed by atoms with van der Waals surface area (Å²) in [5, 5.41) is 13.0. The largest absolute Gasteiger partial charge is 0.362 e. The Morgan fingerprint density at radius 3 is 2.85 bits per heavy atom. The second kappa shape index (κ2) is 7.24. The van der Waals surface area contributed by atoms with Crippen LogP contribution in [-0.4, -0.2) is 57.3 Å². The molecule has 26 heavy (non-hydrogen) atoms. The average molecular weight is 373 g/mol. The third kappa shape index (κ3) is 3.45. The first-order valence-electron chi connectivity index (χ1n) is 8.48. The highest BCUT2D eigenvalue weighted by Crippen LogP contribution is 2.26. The van der Waals surface area contributed by atoms with Crippen LogP contribution < -0.4 is 10.2 Å². The lowest BCUT2D eigenvalue weighted by molar-refractivity contribution is -0.128. The lowest BCUT2D eigenvalue weighted by Crippen LogP contribution is -2.34. The van der Waals surface area contributed by atoms with Gasteiger partial charge in [-0.25, -0.2) is 14.6 Å². The zero-order valence-electron chi connectivity index (χ0n) is 14.4. The minimum absolute atomic E-state index is 0.102. The molecular formula is C16H19N7O2S. The van der Waals surface area contributed by atoms with E-state index in [0.29, 0.717) is 36.7 Å². The number of hydrogen-bond acceptors (Lipinski definition) is 9. The molecule has 0 atom stereocenters. The lowest BCUT2D eigenvalue weighted by Gasteiger charge is -2.23. The molecule has 0 aromatic carbocycles. The molecule has 1 aliphatic heterocycles. The molecule has 0 unspecified atom stereocenters. The van der Waals surface area contributed by atoms with E-state index in [9.17, 15) is 4.79 Å². The maximum Gasteiger partial charge on any atom is 0.245 e. The highest BCUT2D eigenvalue weighted by atomic mass is 32.1. The van der Waals surface area contributed by atoms with Gasteiger partial charge in [0.15, 0.2) is 11.6 Å². The van der Waals surface area contributed by atoms with E-state index in [1.165, 1.54) is 4.88 Å². The second-order valence-corrected chi connectivity index (χ2v) is 7.12. The Bertz CT molecular complexity index is 895. The van der Waals surface area contributed by atoms with E-state index in [0.717, 1.165) is 25.3 Å². The van der Waals surface area contributed by atoms with Crippen molar-refractivity contribution in [3.63, 3.8) is 0 Å². The standard InChI is InChI=1S/C16H19N7O2S/c1-11(24)22-5-3-6-23(8-7-22)16-15(17-10-12-4-2-9-26-12)18-13-14(19-16)21-25-20-13/h2,4,9H,3,5-8,10H2,1H3,(H,17,18,20). The zero-order valence-corrected chi connectivity index (χ0v) is 15.2. The first-order chi connectivity index (χ1) is 12.7. The van der Waals surface area contributed by atoms with Crippen molar-refractivity contribution in [1.29, 1.82) is 0 Å². The van der Waals surface area contributed by atoms with Crippen molar-refractivity contribution in [1.82, 2.24) is 25.2 Å². The predicted octanol–water partition coefficient (Wildman–Crippen LogP) is 1.74. The molecule has 0 aliphatic carbocycles. The fourth-order valence-corrected chi connectivity index (χ4v) is 3.64. The summed E-state index contributed by atoms with van der Waals surface area (Å²) < 4.78 is 4.76. The number of anilines is 2. The van der Waals surface area contributed by atoms with E-state index < -0.39 is 0 Å². The monoisotopic (exact) mass is 373 g/mol. The third-order valence-corrected chi connectivity index (χ3v) is 5.22. The summed E-state index contributed by atoms with van der Waals surface area (Å²) in [5.74, 6) is 1.47. The van der Waals surface area contributed by atoms with Crippen molar-refractivity contribution < 1.29 is 9.42 Å². The molecule has 1 N–H and O–H groups in total. The average Bonchev–Trinajstić information content (AvgIpc) is 3.25. The number of nitrogens with zero attached hydrogens (tertiary/aromatic N) is 6. The van der Waals surface area contributed by atoms with Crippen LogP contribution in [0.25, 0.3) is 11.3 Å². The molecule has 10 heteroatoms. The van der Waals surface area contributed by atoms with Gasteiger partial charge in [0.05, 0.1) is 6.54 Å². The molecule has 1 fully saturated rings. The van der Waals surface area contributed by atoms with Crippen molar-refractivity contribution in [2.75, 3.05) is 36.4 Å². The van der Waals surface area contributed by atoms with Crippen LogP contribution in [0.3, 0.4) is 0 Å². The molecule has 3 aromatic rings. The number of nitrogens with one attached hydrogen (secondary N) is 1. The second-order valence-electron chi connectivity index (χ2n) is 6.09. The normalized spacial score (nSPS) is 15.3. The van der Waals surface area contributed by atoms with E-state index in [1.807, 2.05) is 16.3 Å². The SMILES string of the molecule is CC(=O)N1CCCN(c2nc3nonc3nc2NCc2cccs2)CC1. The van der Waals surface area contributed by atoms with Crippen LogP contribution >= 0.6 is 11.3 Å². The third-order valence-electron chi connectivity index (χ3n) is 4.35. The van der Waals surface area contributed by atoms with Crippen molar-refractivity contribution >= 4 is 40.2 Å². The van der Waals surface area contributed by atoms with E-state index in [4.69, 9.17) is 4.63 Å². The van der Waals surface area contributed by atoms with Crippen molar-refractivity contribution in [2.45, 2.75) is 19.9 Å². The zero-order chi connectivity index (χ0) is 17.9. The van der Waals surface area contributed by atoms with Gasteiger partial charge >= 0.3 is 0 Å². The number of aromatic nitrogens is 4. The van der Waals surface area contributed by atoms with Gasteiger partial charge in [0.25, 0.3) is 0 Å². The maximum atomic E-state index is 11.7. The van der Waals surface area contributed by atoms with Gasteiger partial charge in [-0.05, 0) is 28.2 Å². The van der Waals surface area contributed by atoms with Crippen molar-refractivity contribution in [2.24, 2.45) is 0 Å². The Balaban J connectivity index is 1.61. The highest BCUT2D eigenvalue weighted by molar-refractivity contribution is 7.09. The van der Waals surface area contributed by atoms with Gasteiger partial charge in [-0.15, -0.1) is 11.3 Å². The van der Waals surface area contributed by atoms with E-state index in [2.05, 4.69) is 36.6 Å². The maximum absolute atomic E-state index is 11.7. The number of thiophene rings is 1. The van der Waals surface area contributed by atoms with Gasteiger partial charge in [0.1, 0.15) is 0 Å². The Morgan fingerprint density at radius 2 is 2.08 bits per heavy atom. The summed E-state index contributed by atoms with van der Waals surface area (Å²) >= 11 is 1.68. The fourth-order valence-electron chi connectivity index (χ4n) is 3.00. The molecule has 0 bridgehead atoms. The van der Waals surface area contributed by atoms with E-state index in [-0.39, 0.29) is 5.91 Å². The fraction of sp³-hybridized carbons (Fsp3) is 0.438. The van der Waals surface area contributed by atoms with Gasteiger partial charge in [0.2, 0.25) is 17.2 Å². The molecule has 3 aromatic heterocycles. The minimum atomic E-state index is 0.102. The quantitative estimate of drug-likeness (QED) is 0.738. The first-order valence-corrected chi connectivity index (χ1v) is 9.35. The number of carbonyl (C=O) groups excluding carboxylic acids is 1. The van der Waals surface area contributed by atoms with Crippen LogP contribution in [0.5, 0.6) is 0 Å². The molecule has 1 aliphatic rings. The number of amides is 1. The number of rotatable bonds is 4. The molecular weight excluding hydrogens is 354 g/mol. The topological polar surface area (TPSA) is 100 Å². The Labute approximate surface area is 154 Å². The van der Waals surface area contributed by atoms with Crippen LogP contribution in [0.4, 0.5) is 11.6 Å². The predicted molar refractivity (Wildman–Crippen MR) is 98.1 cm³/mol. The lowest BCUT2D eigenvalue weighted by atomic mass is 10.3. The summed E-state index contributed by atoms with van der Waals surface area (Å²) in [6.45, 7) is 5.17. The molecule has 4 rings (SSSR count). The van der Waals surface area contributed by atoms with Gasteiger partial charge in [-0.3, -0.25) is 4.79 Å². The molecule has 0 radical (unpaired) electrons. The number of carbonyl (C=O) groups is 1. The van der Waals surface area contributed by atoms with Crippen LogP contribution in [0.2, 0.25) is 0 Å². The van der Waals surface area contributed by atoms with Gasteiger partial charge in [-0.1, -0.05) is 6.07 Å². The smallest absolute Gasteiger partial charge is 0.245 e. The van der Waals surface area contributed by atoms with Crippen LogP contribution in [-0.2, 0) is 11.3 Å². The van der Waals surface area contributed by atoms with E-state index in [1.54, 1.807) is 18.3 Å². The summed E-state index contributed by atoms with van der Waals surface area (Å²) in [4.78, 5) is 26.0. The molecule has 1 amide bonds. The Kier molecular flexibility index (Phi) is 4.65. The molecule has 0 spiro atoms. The van der Waals surface area contributed by atoms with Crippen molar-refractivity contribution in [3.05, 3.63) is 22.4 Å². The number of fused-ring (bicyclic) bond motifs is 1. The molecule has 136 valence electrons. The molecule has 4 heterocycles. The van der Waals surface area contributed by atoms with Gasteiger partial charge in [-0.2, -0.15) is 0 Å². The Morgan fingerprint density at radius 1 is 1.23 bits per heavy atom. The molecule has 9 nitrogen and oxygen atoms in total. The first kappa shape index (κ1) is 16.7. The summed E-state index contributed by atoms with van der Waals surface area (Å²) in [6, 6.07) is 4.09. The van der Waals surface area contributed by atoms with Crippen LogP contribution in [0.1, 0.15) is 18.2 Å². The van der Waals surface area contributed by atoms with Crippen LogP contribution in [0.15, 0.2) is 22.1 Å². The summed E-state index contributed by atoms with van der Waals surface area (Å²) in [5.41, 5.74) is 0.761. The van der Waals surface area contributed by atoms with E-state index >= 15 is 0 Å². The summed E-state index contributed by atoms with van der Waals surface area (Å²) in [6.07, 6.45) is 0.876. The van der Waals surface area contributed by atoms with Crippen LogP contribution in [0, 0.1) is 0 Å². The Hall–Kier alpha value is -2.75. The van der Waals surface area contributed by atoms with Gasteiger partial charge < -0.3 is 15.1 Å².